The van der Waals surface area contributed by atoms with E-state index in [0.717, 1.165) is 12.1 Å². The van der Waals surface area contributed by atoms with Crippen molar-refractivity contribution in [2.24, 2.45) is 0 Å². The van der Waals surface area contributed by atoms with Crippen LogP contribution in [0.15, 0.2) is 41.3 Å². The summed E-state index contributed by atoms with van der Waals surface area (Å²) in [5.74, 6) is -4.93. The van der Waals surface area contributed by atoms with Crippen molar-refractivity contribution in [3.8, 4) is 17.2 Å². The van der Waals surface area contributed by atoms with E-state index in [9.17, 15) is 39.9 Å². The molecule has 2 rings (SSSR count). The molecule has 0 bridgehead atoms. The third-order valence-electron chi connectivity index (χ3n) is 3.84. The van der Waals surface area contributed by atoms with Gasteiger partial charge >= 0.3 is 6.80 Å². The molecule has 0 radical (unpaired) electrons. The lowest BCUT2D eigenvalue weighted by atomic mass is 9.83. The van der Waals surface area contributed by atoms with Gasteiger partial charge in [0.1, 0.15) is 17.2 Å². The van der Waals surface area contributed by atoms with E-state index in [4.69, 9.17) is 0 Å². The standard InChI is InChI=1S/C16H19O8PS/c1-2-12(9-3-5-10(17)6-4-9)16(20,21)15-13(19)7-11(18)8-14(15)26-25(22,23)24/h3-8,12,17-21H,2H2,1H3,(H2,22,23,24). The molecule has 0 aliphatic carbocycles. The molecule has 0 heterocycles. The number of aromatic hydroxyl groups is 3. The Hall–Kier alpha value is -1.74. The van der Waals surface area contributed by atoms with Gasteiger partial charge in [-0.3, -0.25) is 0 Å². The van der Waals surface area contributed by atoms with Gasteiger partial charge in [-0.1, -0.05) is 19.1 Å². The molecule has 0 aromatic heterocycles. The highest BCUT2D eigenvalue weighted by atomic mass is 32.7. The van der Waals surface area contributed by atoms with Crippen molar-refractivity contribution in [3.63, 3.8) is 0 Å². The van der Waals surface area contributed by atoms with Gasteiger partial charge in [-0.15, -0.1) is 0 Å². The van der Waals surface area contributed by atoms with Gasteiger partial charge in [-0.25, -0.2) is 4.57 Å². The molecule has 0 saturated heterocycles. The van der Waals surface area contributed by atoms with Gasteiger partial charge in [-0.2, -0.15) is 0 Å². The Morgan fingerprint density at radius 2 is 1.62 bits per heavy atom. The average molecular weight is 402 g/mol. The van der Waals surface area contributed by atoms with Crippen LogP contribution in [-0.4, -0.2) is 35.3 Å². The molecule has 0 saturated carbocycles. The van der Waals surface area contributed by atoms with Crippen LogP contribution in [0.3, 0.4) is 0 Å². The number of rotatable bonds is 6. The largest absolute Gasteiger partial charge is 0.508 e. The lowest BCUT2D eigenvalue weighted by Crippen LogP contribution is -2.33. The van der Waals surface area contributed by atoms with Crippen LogP contribution >= 0.6 is 18.2 Å². The summed E-state index contributed by atoms with van der Waals surface area (Å²) in [7, 11) is 0. The van der Waals surface area contributed by atoms with Crippen molar-refractivity contribution in [3.05, 3.63) is 47.5 Å². The van der Waals surface area contributed by atoms with E-state index >= 15 is 0 Å². The molecule has 8 nitrogen and oxygen atoms in total. The molecule has 0 aliphatic rings. The van der Waals surface area contributed by atoms with Crippen molar-refractivity contribution >= 4 is 18.2 Å². The predicted octanol–water partition coefficient (Wildman–Crippen LogP) is 2.32. The minimum absolute atomic E-state index is 0.00523. The van der Waals surface area contributed by atoms with Crippen molar-refractivity contribution in [1.82, 2.24) is 0 Å². The van der Waals surface area contributed by atoms with E-state index in [2.05, 4.69) is 0 Å². The second kappa shape index (κ2) is 7.48. The van der Waals surface area contributed by atoms with E-state index in [0.29, 0.717) is 5.56 Å². The van der Waals surface area contributed by atoms with Crippen molar-refractivity contribution < 1.29 is 39.9 Å². The topological polar surface area (TPSA) is 159 Å². The number of hydrogen-bond acceptors (Lipinski definition) is 7. The molecular weight excluding hydrogens is 383 g/mol. The van der Waals surface area contributed by atoms with E-state index in [1.54, 1.807) is 6.92 Å². The first-order valence-corrected chi connectivity index (χ1v) is 10.5. The van der Waals surface area contributed by atoms with Crippen LogP contribution in [0.4, 0.5) is 0 Å². The Labute approximate surface area is 153 Å². The Morgan fingerprint density at radius 3 is 2.12 bits per heavy atom. The normalized spacial score (nSPS) is 13.6. The zero-order valence-electron chi connectivity index (χ0n) is 13.6. The predicted molar refractivity (Wildman–Crippen MR) is 94.9 cm³/mol. The molecule has 0 fully saturated rings. The number of benzene rings is 2. The van der Waals surface area contributed by atoms with E-state index in [1.165, 1.54) is 24.3 Å². The Balaban J connectivity index is 2.62. The van der Waals surface area contributed by atoms with Gasteiger partial charge in [0.2, 0.25) is 5.79 Å². The second-order valence-electron chi connectivity index (χ2n) is 5.70. The molecule has 1 unspecified atom stereocenters. The summed E-state index contributed by atoms with van der Waals surface area (Å²) < 4.78 is 11.4. The number of hydrogen-bond donors (Lipinski definition) is 7. The summed E-state index contributed by atoms with van der Waals surface area (Å²) in [5.41, 5.74) is -0.0987. The highest BCUT2D eigenvalue weighted by Gasteiger charge is 2.41. The van der Waals surface area contributed by atoms with Gasteiger partial charge in [0, 0.05) is 16.9 Å². The summed E-state index contributed by atoms with van der Waals surface area (Å²) in [6.07, 6.45) is 0.193. The fourth-order valence-corrected chi connectivity index (χ4v) is 4.77. The molecule has 10 heteroatoms. The lowest BCUT2D eigenvalue weighted by molar-refractivity contribution is -0.191. The minimum atomic E-state index is -4.70. The Kier molecular flexibility index (Phi) is 5.92. The summed E-state index contributed by atoms with van der Waals surface area (Å²) in [6.45, 7) is -3.04. The summed E-state index contributed by atoms with van der Waals surface area (Å²) in [4.78, 5) is 18.0. The van der Waals surface area contributed by atoms with Crippen molar-refractivity contribution in [2.45, 2.75) is 29.9 Å². The zero-order chi connectivity index (χ0) is 19.7. The number of phenolic OH excluding ortho intramolecular Hbond substituents is 3. The molecule has 7 N–H and O–H groups in total. The first-order chi connectivity index (χ1) is 12.0. The van der Waals surface area contributed by atoms with Crippen LogP contribution in [0, 0.1) is 0 Å². The molecule has 26 heavy (non-hydrogen) atoms. The zero-order valence-corrected chi connectivity index (χ0v) is 15.4. The average Bonchev–Trinajstić information content (AvgIpc) is 2.46. The van der Waals surface area contributed by atoms with Gasteiger partial charge in [-0.05, 0) is 41.6 Å². The number of aliphatic hydroxyl groups is 2. The molecule has 142 valence electrons. The van der Waals surface area contributed by atoms with Crippen LogP contribution in [0.1, 0.15) is 30.4 Å². The minimum Gasteiger partial charge on any atom is -0.508 e. The van der Waals surface area contributed by atoms with Gasteiger partial charge in [0.15, 0.2) is 0 Å². The fourth-order valence-electron chi connectivity index (χ4n) is 2.79. The van der Waals surface area contributed by atoms with Crippen LogP contribution in [0.2, 0.25) is 0 Å². The smallest absolute Gasteiger partial charge is 0.388 e. The quantitative estimate of drug-likeness (QED) is 0.284. The molecule has 0 spiro atoms. The first-order valence-electron chi connectivity index (χ1n) is 7.51. The maximum Gasteiger partial charge on any atom is 0.388 e. The maximum atomic E-state index is 11.4. The summed E-state index contributed by atoms with van der Waals surface area (Å²) in [5, 5.41) is 50.8. The van der Waals surface area contributed by atoms with Crippen LogP contribution in [-0.2, 0) is 10.4 Å². The first kappa shape index (κ1) is 20.6. The molecule has 0 amide bonds. The van der Waals surface area contributed by atoms with Gasteiger partial charge in [0.05, 0.1) is 5.56 Å². The van der Waals surface area contributed by atoms with Crippen molar-refractivity contribution in [2.75, 3.05) is 0 Å². The highest BCUT2D eigenvalue weighted by Crippen LogP contribution is 2.58. The number of phenols is 3. The van der Waals surface area contributed by atoms with Crippen molar-refractivity contribution in [1.29, 1.82) is 0 Å². The molecule has 2 aromatic rings. The summed E-state index contributed by atoms with van der Waals surface area (Å²) >= 11 is -0.00523. The van der Waals surface area contributed by atoms with E-state index < -0.39 is 35.6 Å². The second-order valence-corrected chi connectivity index (χ2v) is 9.28. The maximum absolute atomic E-state index is 11.4. The summed E-state index contributed by atoms with van der Waals surface area (Å²) in [6, 6.07) is 7.44. The SMILES string of the molecule is CCC(c1ccc(O)cc1)C(O)(O)c1c(O)cc(O)cc1SP(=O)(O)O. The van der Waals surface area contributed by atoms with Gasteiger partial charge in [0.25, 0.3) is 0 Å². The third-order valence-corrected chi connectivity index (χ3v) is 5.90. The monoisotopic (exact) mass is 402 g/mol. The Morgan fingerprint density at radius 1 is 1.04 bits per heavy atom. The highest BCUT2D eigenvalue weighted by molar-refractivity contribution is 8.54. The van der Waals surface area contributed by atoms with Crippen LogP contribution in [0.25, 0.3) is 0 Å². The van der Waals surface area contributed by atoms with Crippen LogP contribution in [0.5, 0.6) is 17.2 Å². The lowest BCUT2D eigenvalue weighted by Gasteiger charge is -2.33. The molecule has 1 atom stereocenters. The molecule has 0 aliphatic heterocycles. The third kappa shape index (κ3) is 4.50. The van der Waals surface area contributed by atoms with Crippen LogP contribution < -0.4 is 0 Å². The van der Waals surface area contributed by atoms with E-state index in [-0.39, 0.29) is 28.4 Å². The fraction of sp³-hybridized carbons (Fsp3) is 0.250. The molecule has 2 aromatic carbocycles. The van der Waals surface area contributed by atoms with Gasteiger partial charge < -0.3 is 35.3 Å². The Bertz CT molecular complexity index is 831. The molecular formula is C16H19O8PS. The van der Waals surface area contributed by atoms with E-state index in [1.807, 2.05) is 0 Å².